The number of ketones is 1. The van der Waals surface area contributed by atoms with Crippen LogP contribution in [-0.4, -0.2) is 20.5 Å². The maximum Gasteiger partial charge on any atom is 0.416 e. The third-order valence-electron chi connectivity index (χ3n) is 3.52. The third-order valence-corrected chi connectivity index (χ3v) is 3.52. The first-order chi connectivity index (χ1) is 11.4. The summed E-state index contributed by atoms with van der Waals surface area (Å²) in [4.78, 5) is 15.9. The average Bonchev–Trinajstić information content (AvgIpc) is 3.07. The van der Waals surface area contributed by atoms with E-state index in [1.54, 1.807) is 24.3 Å². The maximum absolute atomic E-state index is 12.6. The minimum atomic E-state index is -4.35. The van der Waals surface area contributed by atoms with Crippen LogP contribution in [0.25, 0.3) is 11.1 Å². The predicted octanol–water partition coefficient (Wildman–Crippen LogP) is 3.85. The molecule has 4 nitrogen and oxygen atoms in total. The Hall–Kier alpha value is -2.96. The van der Waals surface area contributed by atoms with Crippen LogP contribution in [0.15, 0.2) is 61.2 Å². The molecule has 0 N–H and O–H groups in total. The predicted molar refractivity (Wildman–Crippen MR) is 81.2 cm³/mol. The van der Waals surface area contributed by atoms with Gasteiger partial charge in [0.05, 0.1) is 5.56 Å². The van der Waals surface area contributed by atoms with Gasteiger partial charge in [0, 0.05) is 5.56 Å². The summed E-state index contributed by atoms with van der Waals surface area (Å²) < 4.78 is 39.1. The molecule has 1 heterocycles. The van der Waals surface area contributed by atoms with Gasteiger partial charge in [-0.05, 0) is 23.3 Å². The zero-order valence-electron chi connectivity index (χ0n) is 12.4. The summed E-state index contributed by atoms with van der Waals surface area (Å²) in [5.74, 6) is -0.125. The normalized spacial score (nSPS) is 11.5. The number of halogens is 3. The number of hydrogen-bond acceptors (Lipinski definition) is 3. The number of alkyl halides is 3. The highest BCUT2D eigenvalue weighted by Crippen LogP contribution is 2.31. The molecule has 2 aromatic carbocycles. The molecule has 0 aliphatic heterocycles. The number of benzene rings is 2. The van der Waals surface area contributed by atoms with Crippen LogP contribution >= 0.6 is 0 Å². The van der Waals surface area contributed by atoms with Crippen LogP contribution in [0.3, 0.4) is 0 Å². The van der Waals surface area contributed by atoms with Crippen LogP contribution < -0.4 is 0 Å². The van der Waals surface area contributed by atoms with E-state index in [4.69, 9.17) is 0 Å². The van der Waals surface area contributed by atoms with Crippen molar-refractivity contribution in [2.45, 2.75) is 12.7 Å². The molecule has 0 fully saturated rings. The fourth-order valence-corrected chi connectivity index (χ4v) is 2.25. The second-order valence-electron chi connectivity index (χ2n) is 5.17. The van der Waals surface area contributed by atoms with Crippen molar-refractivity contribution < 1.29 is 18.0 Å². The first-order valence-electron chi connectivity index (χ1n) is 7.07. The van der Waals surface area contributed by atoms with Crippen molar-refractivity contribution in [1.82, 2.24) is 14.8 Å². The Morgan fingerprint density at radius 2 is 1.54 bits per heavy atom. The van der Waals surface area contributed by atoms with Crippen molar-refractivity contribution in [2.75, 3.05) is 0 Å². The van der Waals surface area contributed by atoms with Crippen LogP contribution in [-0.2, 0) is 12.7 Å². The van der Waals surface area contributed by atoms with E-state index in [-0.39, 0.29) is 12.3 Å². The molecule has 0 spiro atoms. The molecule has 0 saturated heterocycles. The molecule has 0 bridgehead atoms. The largest absolute Gasteiger partial charge is 0.416 e. The van der Waals surface area contributed by atoms with Gasteiger partial charge in [-0.25, -0.2) is 9.67 Å². The molecule has 0 amide bonds. The second kappa shape index (κ2) is 6.27. The summed E-state index contributed by atoms with van der Waals surface area (Å²) in [6, 6.07) is 11.6. The minimum Gasteiger partial charge on any atom is -0.292 e. The maximum atomic E-state index is 12.6. The van der Waals surface area contributed by atoms with Gasteiger partial charge >= 0.3 is 6.18 Å². The van der Waals surface area contributed by atoms with Gasteiger partial charge in [-0.1, -0.05) is 36.4 Å². The molecular weight excluding hydrogens is 319 g/mol. The molecule has 3 rings (SSSR count). The molecule has 7 heteroatoms. The lowest BCUT2D eigenvalue weighted by Crippen LogP contribution is -2.10. The number of carbonyl (C=O) groups excluding carboxylic acids is 1. The number of hydrogen-bond donors (Lipinski definition) is 0. The van der Waals surface area contributed by atoms with Crippen molar-refractivity contribution in [3.8, 4) is 11.1 Å². The zero-order chi connectivity index (χ0) is 17.2. The first kappa shape index (κ1) is 15.9. The highest BCUT2D eigenvalue weighted by Gasteiger charge is 2.29. The first-order valence-corrected chi connectivity index (χ1v) is 7.07. The van der Waals surface area contributed by atoms with Crippen LogP contribution in [0.5, 0.6) is 0 Å². The van der Waals surface area contributed by atoms with Gasteiger partial charge in [-0.15, -0.1) is 0 Å². The zero-order valence-corrected chi connectivity index (χ0v) is 12.4. The van der Waals surface area contributed by atoms with Crippen molar-refractivity contribution in [1.29, 1.82) is 0 Å². The van der Waals surface area contributed by atoms with E-state index in [0.29, 0.717) is 11.1 Å². The fraction of sp³-hybridized carbons (Fsp3) is 0.118. The van der Waals surface area contributed by atoms with Gasteiger partial charge in [0.1, 0.15) is 19.2 Å². The van der Waals surface area contributed by atoms with Crippen LogP contribution in [0, 0.1) is 0 Å². The van der Waals surface area contributed by atoms with Crippen molar-refractivity contribution in [3.63, 3.8) is 0 Å². The monoisotopic (exact) mass is 331 g/mol. The Balaban J connectivity index is 1.75. The molecule has 0 radical (unpaired) electrons. The van der Waals surface area contributed by atoms with E-state index in [2.05, 4.69) is 10.1 Å². The number of rotatable bonds is 4. The lowest BCUT2D eigenvalue weighted by atomic mass is 10.0. The standard InChI is InChI=1S/C17H12F3N3O/c18-17(19,20)15-7-5-13(6-8-15)12-1-3-14(4-2-12)16(24)9-23-11-21-10-22-23/h1-8,10-11H,9H2. The van der Waals surface area contributed by atoms with E-state index in [1.165, 1.54) is 29.5 Å². The molecule has 3 aromatic rings. The highest BCUT2D eigenvalue weighted by atomic mass is 19.4. The Morgan fingerprint density at radius 1 is 0.958 bits per heavy atom. The van der Waals surface area contributed by atoms with Gasteiger partial charge < -0.3 is 0 Å². The Labute approximate surface area is 135 Å². The van der Waals surface area contributed by atoms with Gasteiger partial charge in [-0.2, -0.15) is 18.3 Å². The Morgan fingerprint density at radius 3 is 2.04 bits per heavy atom. The lowest BCUT2D eigenvalue weighted by Gasteiger charge is -2.08. The highest BCUT2D eigenvalue weighted by molar-refractivity contribution is 5.96. The van der Waals surface area contributed by atoms with Gasteiger partial charge in [0.2, 0.25) is 0 Å². The van der Waals surface area contributed by atoms with E-state index in [1.807, 2.05) is 0 Å². The number of carbonyl (C=O) groups is 1. The van der Waals surface area contributed by atoms with Crippen LogP contribution in [0.1, 0.15) is 15.9 Å². The molecule has 0 unspecified atom stereocenters. The van der Waals surface area contributed by atoms with E-state index >= 15 is 0 Å². The summed E-state index contributed by atoms with van der Waals surface area (Å²) >= 11 is 0. The number of Topliss-reactive ketones (excluding diaryl/α,β-unsaturated/α-hetero) is 1. The summed E-state index contributed by atoms with van der Waals surface area (Å²) in [5, 5.41) is 3.87. The summed E-state index contributed by atoms with van der Waals surface area (Å²) in [6.07, 6.45) is -1.55. The number of aromatic nitrogens is 3. The average molecular weight is 331 g/mol. The van der Waals surface area contributed by atoms with Crippen molar-refractivity contribution in [2.24, 2.45) is 0 Å². The summed E-state index contributed by atoms with van der Waals surface area (Å²) in [6.45, 7) is 0.0830. The van der Waals surface area contributed by atoms with E-state index in [0.717, 1.165) is 17.7 Å². The van der Waals surface area contributed by atoms with E-state index < -0.39 is 11.7 Å². The number of nitrogens with zero attached hydrogens (tertiary/aromatic N) is 3. The summed E-state index contributed by atoms with van der Waals surface area (Å²) in [7, 11) is 0. The molecule has 0 aliphatic carbocycles. The molecule has 122 valence electrons. The lowest BCUT2D eigenvalue weighted by molar-refractivity contribution is -0.137. The molecule has 0 aliphatic rings. The molecular formula is C17H12F3N3O. The smallest absolute Gasteiger partial charge is 0.292 e. The fourth-order valence-electron chi connectivity index (χ4n) is 2.25. The third kappa shape index (κ3) is 3.51. The van der Waals surface area contributed by atoms with Crippen LogP contribution in [0.4, 0.5) is 13.2 Å². The van der Waals surface area contributed by atoms with Crippen molar-refractivity contribution in [3.05, 3.63) is 72.3 Å². The van der Waals surface area contributed by atoms with E-state index in [9.17, 15) is 18.0 Å². The van der Waals surface area contributed by atoms with Gasteiger partial charge in [0.25, 0.3) is 0 Å². The minimum absolute atomic E-state index is 0.0830. The topological polar surface area (TPSA) is 47.8 Å². The SMILES string of the molecule is O=C(Cn1cncn1)c1ccc(-c2ccc(C(F)(F)F)cc2)cc1. The molecule has 24 heavy (non-hydrogen) atoms. The van der Waals surface area contributed by atoms with Crippen LogP contribution in [0.2, 0.25) is 0 Å². The quantitative estimate of drug-likeness (QED) is 0.682. The Kier molecular flexibility index (Phi) is 4.16. The second-order valence-corrected chi connectivity index (χ2v) is 5.17. The molecule has 0 atom stereocenters. The summed E-state index contributed by atoms with van der Waals surface area (Å²) in [5.41, 5.74) is 1.20. The Bertz CT molecular complexity index is 823. The molecule has 0 saturated carbocycles. The van der Waals surface area contributed by atoms with Crippen molar-refractivity contribution >= 4 is 5.78 Å². The van der Waals surface area contributed by atoms with Gasteiger partial charge in [-0.3, -0.25) is 4.79 Å². The van der Waals surface area contributed by atoms with Gasteiger partial charge in [0.15, 0.2) is 5.78 Å². The molecule has 1 aromatic heterocycles.